The Kier molecular flexibility index (Phi) is 23.4. The van der Waals surface area contributed by atoms with Crippen molar-refractivity contribution >= 4 is 65.0 Å². The summed E-state index contributed by atoms with van der Waals surface area (Å²) in [4.78, 5) is 114. The predicted octanol–water partition coefficient (Wildman–Crippen LogP) is -0.247. The highest BCUT2D eigenvalue weighted by Gasteiger charge is 2.34. The average Bonchev–Trinajstić information content (AvgIpc) is 3.26. The molecule has 3 rings (SSSR count). The second kappa shape index (κ2) is 28.6. The number of amides is 8. The summed E-state index contributed by atoms with van der Waals surface area (Å²) in [6.45, 7) is 3.46. The molecule has 1 aliphatic rings. The Hall–Kier alpha value is -6.18. The number of hydrogen-bond acceptors (Lipinski definition) is 10. The number of carbonyl (C=O) groups is 8. The molecule has 1 fully saturated rings. The van der Waals surface area contributed by atoms with Gasteiger partial charge in [0.05, 0.1) is 6.54 Å². The largest absolute Gasteiger partial charge is 0.370 e. The summed E-state index contributed by atoms with van der Waals surface area (Å²) in [5.74, 6) is -4.42. The van der Waals surface area contributed by atoms with Gasteiger partial charge in [-0.15, -0.1) is 0 Å². The maximum Gasteiger partial charge on any atom is 0.245 e. The number of aliphatic imine (C=N–C) groups is 1. The molecule has 0 spiro atoms. The van der Waals surface area contributed by atoms with Crippen LogP contribution in [0.4, 0.5) is 0 Å². The van der Waals surface area contributed by atoms with E-state index in [4.69, 9.17) is 17.2 Å². The third kappa shape index (κ3) is 20.5. The van der Waals surface area contributed by atoms with Gasteiger partial charge in [0.2, 0.25) is 47.3 Å². The third-order valence-electron chi connectivity index (χ3n) is 10.4. The Bertz CT molecular complexity index is 1920. The minimum Gasteiger partial charge on any atom is -0.370 e. The van der Waals surface area contributed by atoms with Gasteiger partial charge in [-0.1, -0.05) is 74.5 Å². The molecule has 2 aromatic rings. The summed E-state index contributed by atoms with van der Waals surface area (Å²) in [5, 5.41) is 16.6. The molecule has 0 saturated carbocycles. The highest BCUT2D eigenvalue weighted by Crippen LogP contribution is 2.13. The lowest BCUT2D eigenvalue weighted by atomic mass is 10.0. The molecule has 0 unspecified atom stereocenters. The van der Waals surface area contributed by atoms with Gasteiger partial charge in [0.1, 0.15) is 30.2 Å². The smallest absolute Gasteiger partial charge is 0.245 e. The van der Waals surface area contributed by atoms with Gasteiger partial charge in [-0.3, -0.25) is 43.3 Å². The Morgan fingerprint density at radius 1 is 0.785 bits per heavy atom. The van der Waals surface area contributed by atoms with Crippen LogP contribution in [0.3, 0.4) is 0 Å². The van der Waals surface area contributed by atoms with E-state index in [1.165, 1.54) is 16.7 Å². The number of benzene rings is 2. The van der Waals surface area contributed by atoms with E-state index in [2.05, 4.69) is 36.9 Å². The van der Waals surface area contributed by atoms with Gasteiger partial charge in [0.25, 0.3) is 0 Å². The van der Waals surface area contributed by atoms with Crippen LogP contribution in [0.25, 0.3) is 0 Å². The molecular formula is C45H67N11O8S. The summed E-state index contributed by atoms with van der Waals surface area (Å²) in [6.07, 6.45) is 3.13. The molecule has 20 heteroatoms. The van der Waals surface area contributed by atoms with Crippen molar-refractivity contribution in [2.75, 3.05) is 38.2 Å². The third-order valence-corrected chi connectivity index (χ3v) is 11.1. The molecule has 1 aliphatic heterocycles. The number of rotatable bonds is 19. The number of hydrogen-bond donors (Lipinski definition) is 9. The average molecular weight is 922 g/mol. The lowest BCUT2D eigenvalue weighted by Gasteiger charge is -2.30. The minimum absolute atomic E-state index is 0.00131. The molecule has 19 nitrogen and oxygen atoms in total. The van der Waals surface area contributed by atoms with Crippen LogP contribution in [0.5, 0.6) is 0 Å². The minimum atomic E-state index is -1.26. The monoisotopic (exact) mass is 921 g/mol. The van der Waals surface area contributed by atoms with E-state index in [0.29, 0.717) is 29.7 Å². The zero-order chi connectivity index (χ0) is 47.7. The van der Waals surface area contributed by atoms with Gasteiger partial charge in [-0.05, 0) is 67.6 Å². The summed E-state index contributed by atoms with van der Waals surface area (Å²) >= 11 is 1.49. The zero-order valence-corrected chi connectivity index (χ0v) is 38.5. The van der Waals surface area contributed by atoms with E-state index in [0.717, 1.165) is 0 Å². The fourth-order valence-electron chi connectivity index (χ4n) is 7.09. The first-order valence-corrected chi connectivity index (χ1v) is 23.4. The maximum atomic E-state index is 14.8. The first-order chi connectivity index (χ1) is 31.1. The van der Waals surface area contributed by atoms with Crippen LogP contribution in [-0.2, 0) is 51.2 Å². The van der Waals surface area contributed by atoms with Gasteiger partial charge in [0.15, 0.2) is 5.96 Å². The van der Waals surface area contributed by atoms with Crippen LogP contribution >= 0.6 is 11.8 Å². The van der Waals surface area contributed by atoms with Crippen LogP contribution in [0.15, 0.2) is 65.7 Å². The van der Waals surface area contributed by atoms with E-state index in [1.807, 2.05) is 20.1 Å². The number of guanidine groups is 1. The van der Waals surface area contributed by atoms with E-state index >= 15 is 0 Å². The SMILES string of the molecule is CSCC[C@H](NC(=O)[C@H](CC(C)C)NC(=O)CN1CCCNC(=O)CCCC(=O)N[C@@H](CCCN=C(N)N)C(=O)N[C@@H](Cc2ccccc2)C(=O)N[C@@H](Cc2ccccc2)C1=O)C(N)=O. The fraction of sp³-hybridized carbons (Fsp3) is 0.533. The van der Waals surface area contributed by atoms with Crippen LogP contribution in [0.1, 0.15) is 76.3 Å². The van der Waals surface area contributed by atoms with Crippen molar-refractivity contribution in [3.8, 4) is 0 Å². The van der Waals surface area contributed by atoms with Crippen molar-refractivity contribution < 1.29 is 38.4 Å². The van der Waals surface area contributed by atoms with Crippen molar-refractivity contribution in [3.05, 3.63) is 71.8 Å². The molecule has 1 heterocycles. The molecule has 8 amide bonds. The standard InChI is InChI=1S/C45H67N11O8S/c1-29(2)25-34(42(62)53-32(40(46)60)20-24-65-3)52-39(59)28-56-23-12-22-49-37(57)18-10-19-38(58)51-33(17-11-21-50-45(47)48)41(61)54-35(26-30-13-6-4-7-14-30)43(63)55-36(44(56)64)27-31-15-8-5-9-16-31/h4-9,13-16,29,32-36H,10-12,17-28H2,1-3H3,(H2,46,60)(H,49,57)(H,51,58)(H,52,59)(H,53,62)(H,54,61)(H,55,63)(H4,47,48,50)/t32-,33-,34-,35-,36-/m0/s1. The Morgan fingerprint density at radius 2 is 1.38 bits per heavy atom. The van der Waals surface area contributed by atoms with E-state index in [-0.39, 0.29) is 88.8 Å². The normalized spacial score (nSPS) is 19.2. The van der Waals surface area contributed by atoms with Crippen LogP contribution < -0.4 is 49.1 Å². The van der Waals surface area contributed by atoms with Gasteiger partial charge >= 0.3 is 0 Å². The lowest BCUT2D eigenvalue weighted by molar-refractivity contribution is -0.140. The van der Waals surface area contributed by atoms with Gasteiger partial charge in [-0.25, -0.2) is 0 Å². The number of nitrogens with zero attached hydrogens (tertiary/aromatic N) is 2. The van der Waals surface area contributed by atoms with Crippen LogP contribution in [0.2, 0.25) is 0 Å². The first kappa shape index (κ1) is 53.2. The maximum absolute atomic E-state index is 14.8. The van der Waals surface area contributed by atoms with E-state index in [1.54, 1.807) is 60.7 Å². The highest BCUT2D eigenvalue weighted by molar-refractivity contribution is 7.98. The van der Waals surface area contributed by atoms with Crippen molar-refractivity contribution in [2.45, 2.75) is 108 Å². The number of carbonyl (C=O) groups excluding carboxylic acids is 8. The Labute approximate surface area is 385 Å². The zero-order valence-electron chi connectivity index (χ0n) is 37.6. The van der Waals surface area contributed by atoms with Gasteiger partial charge in [0, 0.05) is 45.3 Å². The molecule has 0 bridgehead atoms. The van der Waals surface area contributed by atoms with Crippen molar-refractivity contribution in [1.29, 1.82) is 0 Å². The van der Waals surface area contributed by atoms with E-state index in [9.17, 15) is 38.4 Å². The molecular weight excluding hydrogens is 855 g/mol. The first-order valence-electron chi connectivity index (χ1n) is 22.0. The Morgan fingerprint density at radius 3 is 1.98 bits per heavy atom. The van der Waals surface area contributed by atoms with Crippen molar-refractivity contribution in [3.63, 3.8) is 0 Å². The molecule has 65 heavy (non-hydrogen) atoms. The molecule has 0 radical (unpaired) electrons. The van der Waals surface area contributed by atoms with Crippen molar-refractivity contribution in [1.82, 2.24) is 36.8 Å². The molecule has 0 aromatic heterocycles. The second-order valence-electron chi connectivity index (χ2n) is 16.4. The van der Waals surface area contributed by atoms with Gasteiger partial charge in [-0.2, -0.15) is 11.8 Å². The summed E-state index contributed by atoms with van der Waals surface area (Å²) in [5.41, 5.74) is 17.9. The number of primary amides is 1. The number of thioether (sulfide) groups is 1. The second-order valence-corrected chi connectivity index (χ2v) is 17.4. The molecule has 12 N–H and O–H groups in total. The van der Waals surface area contributed by atoms with Gasteiger partial charge < -0.3 is 54.0 Å². The molecule has 1 saturated heterocycles. The summed E-state index contributed by atoms with van der Waals surface area (Å²) in [6, 6.07) is 12.3. The molecule has 356 valence electrons. The quantitative estimate of drug-likeness (QED) is 0.0503. The topological polar surface area (TPSA) is 302 Å². The van der Waals surface area contributed by atoms with Crippen LogP contribution in [0, 0.1) is 5.92 Å². The number of nitrogens with two attached hydrogens (primary N) is 3. The van der Waals surface area contributed by atoms with E-state index < -0.39 is 78.1 Å². The Balaban J connectivity index is 2.03. The molecule has 5 atom stereocenters. The number of nitrogens with one attached hydrogen (secondary N) is 6. The van der Waals surface area contributed by atoms with Crippen molar-refractivity contribution in [2.24, 2.45) is 28.1 Å². The molecule has 0 aliphatic carbocycles. The predicted molar refractivity (Wildman–Crippen MR) is 250 cm³/mol. The summed E-state index contributed by atoms with van der Waals surface area (Å²) in [7, 11) is 0. The summed E-state index contributed by atoms with van der Waals surface area (Å²) < 4.78 is 0. The lowest BCUT2D eigenvalue weighted by Crippen LogP contribution is -2.59. The highest BCUT2D eigenvalue weighted by atomic mass is 32.2. The molecule has 2 aromatic carbocycles. The fourth-order valence-corrected chi connectivity index (χ4v) is 7.56. The van der Waals surface area contributed by atoms with Crippen LogP contribution in [-0.4, -0.2) is 127 Å².